The predicted octanol–water partition coefficient (Wildman–Crippen LogP) is 5.32. The molecule has 0 fully saturated rings. The number of unbranched alkanes of at least 4 members (excludes halogenated alkanes) is 4. The van der Waals surface area contributed by atoms with Crippen LogP contribution in [0.15, 0.2) is 24.3 Å². The molecule has 0 aliphatic rings. The summed E-state index contributed by atoms with van der Waals surface area (Å²) in [4.78, 5) is 0. The maximum atomic E-state index is 12.7. The number of rotatable bonds is 8. The molecule has 1 nitrogen and oxygen atoms in total. The highest BCUT2D eigenvalue weighted by Crippen LogP contribution is 2.32. The fraction of sp³-hybridized carbons (Fsp3) is 0.571. The minimum absolute atomic E-state index is 0.209. The van der Waals surface area contributed by atoms with E-state index in [0.717, 1.165) is 12.8 Å². The minimum Gasteiger partial charge on any atom is -0.494 e. The van der Waals surface area contributed by atoms with Crippen molar-refractivity contribution in [3.8, 4) is 5.75 Å². The summed E-state index contributed by atoms with van der Waals surface area (Å²) in [5.74, 6) is 0.607. The second-order valence-electron chi connectivity index (χ2n) is 4.28. The predicted molar refractivity (Wildman–Crippen MR) is 70.4 cm³/mol. The van der Waals surface area contributed by atoms with Gasteiger partial charge in [-0.15, -0.1) is 0 Å². The van der Waals surface area contributed by atoms with Crippen molar-refractivity contribution in [2.24, 2.45) is 0 Å². The zero-order valence-corrected chi connectivity index (χ0v) is 11.4. The highest BCUT2D eigenvalue weighted by Gasteiger charge is 2.27. The first-order chi connectivity index (χ1) is 8.54. The van der Waals surface area contributed by atoms with Gasteiger partial charge in [-0.05, 0) is 42.3 Å². The maximum absolute atomic E-state index is 12.7. The standard InChI is InChI=1S/C14H19ClF2O/c1-2-3-4-5-6-11-18-13-9-7-12(8-10-13)14(15,16)17/h7-10H,2-6,11H2,1H3. The Morgan fingerprint density at radius 2 is 1.67 bits per heavy atom. The van der Waals surface area contributed by atoms with Crippen LogP contribution >= 0.6 is 11.6 Å². The molecular formula is C14H19ClF2O. The van der Waals surface area contributed by atoms with Gasteiger partial charge in [0.2, 0.25) is 0 Å². The van der Waals surface area contributed by atoms with E-state index in [0.29, 0.717) is 12.4 Å². The van der Waals surface area contributed by atoms with Crippen molar-refractivity contribution in [2.75, 3.05) is 6.61 Å². The molecule has 0 heterocycles. The van der Waals surface area contributed by atoms with Crippen molar-refractivity contribution in [2.45, 2.75) is 44.4 Å². The number of halogens is 3. The Kier molecular flexibility index (Phi) is 6.41. The number of ether oxygens (including phenoxy) is 1. The fourth-order valence-electron chi connectivity index (χ4n) is 1.64. The molecule has 0 atom stereocenters. The van der Waals surface area contributed by atoms with Crippen LogP contribution in [-0.4, -0.2) is 6.61 Å². The van der Waals surface area contributed by atoms with E-state index in [1.807, 2.05) is 0 Å². The van der Waals surface area contributed by atoms with Crippen molar-refractivity contribution in [1.29, 1.82) is 0 Å². The van der Waals surface area contributed by atoms with Crippen LogP contribution in [0.1, 0.15) is 44.6 Å². The van der Waals surface area contributed by atoms with Gasteiger partial charge >= 0.3 is 5.38 Å². The smallest absolute Gasteiger partial charge is 0.348 e. The van der Waals surface area contributed by atoms with Gasteiger partial charge in [0.05, 0.1) is 6.61 Å². The summed E-state index contributed by atoms with van der Waals surface area (Å²) in [7, 11) is 0. The molecule has 1 aromatic carbocycles. The first-order valence-electron chi connectivity index (χ1n) is 6.34. The molecule has 1 aromatic rings. The van der Waals surface area contributed by atoms with Gasteiger partial charge in [-0.25, -0.2) is 0 Å². The van der Waals surface area contributed by atoms with Gasteiger partial charge in [-0.2, -0.15) is 8.78 Å². The molecule has 4 heteroatoms. The molecule has 0 unspecified atom stereocenters. The Labute approximate surface area is 112 Å². The van der Waals surface area contributed by atoms with Gasteiger partial charge < -0.3 is 4.74 Å². The van der Waals surface area contributed by atoms with Gasteiger partial charge in [-0.3, -0.25) is 0 Å². The van der Waals surface area contributed by atoms with Crippen LogP contribution < -0.4 is 4.74 Å². The van der Waals surface area contributed by atoms with E-state index >= 15 is 0 Å². The lowest BCUT2D eigenvalue weighted by Gasteiger charge is -2.10. The second-order valence-corrected chi connectivity index (χ2v) is 4.76. The van der Waals surface area contributed by atoms with E-state index in [2.05, 4.69) is 6.92 Å². The average Bonchev–Trinajstić information content (AvgIpc) is 2.33. The Morgan fingerprint density at radius 1 is 1.06 bits per heavy atom. The third-order valence-corrected chi connectivity index (χ3v) is 2.92. The van der Waals surface area contributed by atoms with Gasteiger partial charge in [0.1, 0.15) is 5.75 Å². The van der Waals surface area contributed by atoms with Crippen molar-refractivity contribution in [1.82, 2.24) is 0 Å². The van der Waals surface area contributed by atoms with Crippen LogP contribution in [0, 0.1) is 0 Å². The molecule has 0 aliphatic heterocycles. The van der Waals surface area contributed by atoms with Gasteiger partial charge in [0.15, 0.2) is 0 Å². The number of alkyl halides is 3. The number of benzene rings is 1. The Balaban J connectivity index is 2.27. The van der Waals surface area contributed by atoms with Crippen molar-refractivity contribution in [3.63, 3.8) is 0 Å². The molecule has 0 aromatic heterocycles. The van der Waals surface area contributed by atoms with Crippen LogP contribution in [0.5, 0.6) is 5.75 Å². The Bertz CT molecular complexity index is 333. The Morgan fingerprint density at radius 3 is 2.22 bits per heavy atom. The fourth-order valence-corrected chi connectivity index (χ4v) is 1.76. The molecule has 1 rings (SSSR count). The first kappa shape index (κ1) is 15.2. The van der Waals surface area contributed by atoms with Crippen LogP contribution in [0.2, 0.25) is 0 Å². The molecule has 0 bridgehead atoms. The minimum atomic E-state index is -3.31. The van der Waals surface area contributed by atoms with Gasteiger partial charge in [0.25, 0.3) is 0 Å². The Hall–Kier alpha value is -0.830. The first-order valence-corrected chi connectivity index (χ1v) is 6.72. The summed E-state index contributed by atoms with van der Waals surface area (Å²) in [6.45, 7) is 2.80. The third-order valence-electron chi connectivity index (χ3n) is 2.70. The topological polar surface area (TPSA) is 9.23 Å². The van der Waals surface area contributed by atoms with Crippen molar-refractivity contribution < 1.29 is 13.5 Å². The van der Waals surface area contributed by atoms with E-state index in [-0.39, 0.29) is 5.56 Å². The van der Waals surface area contributed by atoms with E-state index in [1.165, 1.54) is 43.5 Å². The lowest BCUT2D eigenvalue weighted by Crippen LogP contribution is -2.03. The van der Waals surface area contributed by atoms with Crippen LogP contribution in [0.4, 0.5) is 8.78 Å². The zero-order chi connectivity index (χ0) is 13.4. The quantitative estimate of drug-likeness (QED) is 0.461. The maximum Gasteiger partial charge on any atom is 0.348 e. The SMILES string of the molecule is CCCCCCCOc1ccc(C(F)(F)Cl)cc1. The molecule has 18 heavy (non-hydrogen) atoms. The molecule has 0 saturated carbocycles. The van der Waals surface area contributed by atoms with Gasteiger partial charge in [0, 0.05) is 5.56 Å². The molecule has 0 saturated heterocycles. The summed E-state index contributed by atoms with van der Waals surface area (Å²) in [6.07, 6.45) is 5.82. The second kappa shape index (κ2) is 7.57. The number of hydrogen-bond donors (Lipinski definition) is 0. The van der Waals surface area contributed by atoms with Crippen LogP contribution in [-0.2, 0) is 5.38 Å². The summed E-state index contributed by atoms with van der Waals surface area (Å²) in [5.41, 5.74) is -0.209. The highest BCUT2D eigenvalue weighted by molar-refractivity contribution is 6.21. The molecule has 0 amide bonds. The largest absolute Gasteiger partial charge is 0.494 e. The molecule has 0 spiro atoms. The van der Waals surface area contributed by atoms with E-state index in [9.17, 15) is 8.78 Å². The summed E-state index contributed by atoms with van der Waals surface area (Å²) >= 11 is 4.91. The third kappa shape index (κ3) is 5.67. The monoisotopic (exact) mass is 276 g/mol. The lowest BCUT2D eigenvalue weighted by atomic mass is 10.2. The molecule has 102 valence electrons. The zero-order valence-electron chi connectivity index (χ0n) is 10.6. The van der Waals surface area contributed by atoms with E-state index in [4.69, 9.17) is 16.3 Å². The van der Waals surface area contributed by atoms with E-state index in [1.54, 1.807) is 0 Å². The van der Waals surface area contributed by atoms with Crippen LogP contribution in [0.25, 0.3) is 0 Å². The molecule has 0 aliphatic carbocycles. The van der Waals surface area contributed by atoms with Gasteiger partial charge in [-0.1, -0.05) is 32.6 Å². The molecule has 0 radical (unpaired) electrons. The summed E-state index contributed by atoms with van der Waals surface area (Å²) < 4.78 is 30.9. The summed E-state index contributed by atoms with van der Waals surface area (Å²) in [6, 6.07) is 5.63. The summed E-state index contributed by atoms with van der Waals surface area (Å²) in [5, 5.41) is -3.31. The average molecular weight is 277 g/mol. The van der Waals surface area contributed by atoms with E-state index < -0.39 is 5.38 Å². The molecular weight excluding hydrogens is 258 g/mol. The number of hydrogen-bond acceptors (Lipinski definition) is 1. The molecule has 0 N–H and O–H groups in total. The highest BCUT2D eigenvalue weighted by atomic mass is 35.5. The lowest BCUT2D eigenvalue weighted by molar-refractivity contribution is 0.0950. The van der Waals surface area contributed by atoms with Crippen LogP contribution in [0.3, 0.4) is 0 Å². The van der Waals surface area contributed by atoms with Crippen molar-refractivity contribution >= 4 is 11.6 Å². The normalized spacial score (nSPS) is 11.6. The van der Waals surface area contributed by atoms with Crippen molar-refractivity contribution in [3.05, 3.63) is 29.8 Å².